The summed E-state index contributed by atoms with van der Waals surface area (Å²) < 4.78 is 11.7. The molecule has 20 heavy (non-hydrogen) atoms. The van der Waals surface area contributed by atoms with Crippen molar-refractivity contribution >= 4 is 5.69 Å². The van der Waals surface area contributed by atoms with Crippen molar-refractivity contribution in [3.63, 3.8) is 0 Å². The van der Waals surface area contributed by atoms with Gasteiger partial charge in [0.25, 0.3) is 0 Å². The molecule has 0 radical (unpaired) electrons. The van der Waals surface area contributed by atoms with Crippen LogP contribution in [0.25, 0.3) is 0 Å². The second kappa shape index (κ2) is 5.90. The molecule has 0 amide bonds. The molecule has 2 N–H and O–H groups in total. The summed E-state index contributed by atoms with van der Waals surface area (Å²) in [5, 5.41) is 0. The van der Waals surface area contributed by atoms with Gasteiger partial charge in [0, 0.05) is 6.07 Å². The van der Waals surface area contributed by atoms with Gasteiger partial charge < -0.3 is 15.2 Å². The molecule has 0 atom stereocenters. The van der Waals surface area contributed by atoms with Crippen LogP contribution in [0.4, 0.5) is 5.69 Å². The van der Waals surface area contributed by atoms with E-state index in [0.29, 0.717) is 17.4 Å². The highest BCUT2D eigenvalue weighted by atomic mass is 16.5. The molecule has 0 aromatic carbocycles. The van der Waals surface area contributed by atoms with Crippen molar-refractivity contribution in [3.05, 3.63) is 12.1 Å². The second-order valence-electron chi connectivity index (χ2n) is 6.76. The van der Waals surface area contributed by atoms with E-state index in [1.54, 1.807) is 6.07 Å². The van der Waals surface area contributed by atoms with Crippen molar-refractivity contribution in [1.29, 1.82) is 0 Å². The minimum absolute atomic E-state index is 0.268. The second-order valence-corrected chi connectivity index (χ2v) is 6.76. The fourth-order valence-electron chi connectivity index (χ4n) is 2.39. The predicted molar refractivity (Wildman–Crippen MR) is 81.1 cm³/mol. The molecule has 0 unspecified atom stereocenters. The zero-order chi connectivity index (χ0) is 14.8. The van der Waals surface area contributed by atoms with Gasteiger partial charge in [-0.25, -0.2) is 0 Å². The maximum absolute atomic E-state index is 5.97. The van der Waals surface area contributed by atoms with E-state index in [2.05, 4.69) is 11.9 Å². The SMILES string of the molecule is CC1CCC(Oc2ccc(N)c(OC(C)(C)C)n2)CC1. The molecule has 0 bridgehead atoms. The first-order valence-corrected chi connectivity index (χ1v) is 7.45. The lowest BCUT2D eigenvalue weighted by atomic mass is 9.89. The van der Waals surface area contributed by atoms with Gasteiger partial charge in [-0.3, -0.25) is 0 Å². The molecule has 4 heteroatoms. The lowest BCUT2D eigenvalue weighted by molar-refractivity contribution is 0.113. The number of anilines is 1. The maximum atomic E-state index is 5.97. The largest absolute Gasteiger partial charge is 0.474 e. The van der Waals surface area contributed by atoms with Gasteiger partial charge in [0.05, 0.1) is 5.69 Å². The Hall–Kier alpha value is -1.45. The van der Waals surface area contributed by atoms with Crippen LogP contribution in [0.1, 0.15) is 53.4 Å². The molecule has 1 aromatic heterocycles. The van der Waals surface area contributed by atoms with Crippen LogP contribution >= 0.6 is 0 Å². The smallest absolute Gasteiger partial charge is 0.241 e. The van der Waals surface area contributed by atoms with E-state index >= 15 is 0 Å². The number of nitrogens with two attached hydrogens (primary N) is 1. The van der Waals surface area contributed by atoms with Crippen LogP contribution in [-0.4, -0.2) is 16.7 Å². The highest BCUT2D eigenvalue weighted by Gasteiger charge is 2.21. The van der Waals surface area contributed by atoms with Crippen LogP contribution in [0.5, 0.6) is 11.8 Å². The Morgan fingerprint density at radius 1 is 1.15 bits per heavy atom. The predicted octanol–water partition coefficient (Wildman–Crippen LogP) is 3.80. The lowest BCUT2D eigenvalue weighted by Crippen LogP contribution is -2.25. The third-order valence-corrected chi connectivity index (χ3v) is 3.52. The quantitative estimate of drug-likeness (QED) is 0.913. The standard InChI is InChI=1S/C16H26N2O2/c1-11-5-7-12(8-6-11)19-14-10-9-13(17)15(18-14)20-16(2,3)4/h9-12H,5-8,17H2,1-4H3. The van der Waals surface area contributed by atoms with Crippen molar-refractivity contribution in [3.8, 4) is 11.8 Å². The molecule has 0 saturated heterocycles. The summed E-state index contributed by atoms with van der Waals surface area (Å²) in [4.78, 5) is 4.40. The zero-order valence-electron chi connectivity index (χ0n) is 13.0. The lowest BCUT2D eigenvalue weighted by Gasteiger charge is -2.27. The molecular weight excluding hydrogens is 252 g/mol. The molecule has 1 fully saturated rings. The Balaban J connectivity index is 2.03. The van der Waals surface area contributed by atoms with Gasteiger partial charge in [0.1, 0.15) is 11.7 Å². The fraction of sp³-hybridized carbons (Fsp3) is 0.688. The number of nitrogen functional groups attached to an aromatic ring is 1. The first kappa shape index (κ1) is 14.9. The molecule has 0 aliphatic heterocycles. The monoisotopic (exact) mass is 278 g/mol. The van der Waals surface area contributed by atoms with E-state index in [1.807, 2.05) is 26.8 Å². The Bertz CT molecular complexity index is 446. The van der Waals surface area contributed by atoms with Crippen molar-refractivity contribution < 1.29 is 9.47 Å². The van der Waals surface area contributed by atoms with Crippen molar-refractivity contribution in [2.24, 2.45) is 5.92 Å². The number of pyridine rings is 1. The van der Waals surface area contributed by atoms with Gasteiger partial charge in [0.15, 0.2) is 0 Å². The number of ether oxygens (including phenoxy) is 2. The topological polar surface area (TPSA) is 57.4 Å². The number of nitrogens with zero attached hydrogens (tertiary/aromatic N) is 1. The number of hydrogen-bond acceptors (Lipinski definition) is 4. The van der Waals surface area contributed by atoms with Crippen molar-refractivity contribution in [2.75, 3.05) is 5.73 Å². The molecule has 2 rings (SSSR count). The average molecular weight is 278 g/mol. The third-order valence-electron chi connectivity index (χ3n) is 3.52. The number of aromatic nitrogens is 1. The van der Waals surface area contributed by atoms with E-state index < -0.39 is 0 Å². The summed E-state index contributed by atoms with van der Waals surface area (Å²) in [7, 11) is 0. The minimum atomic E-state index is -0.319. The van der Waals surface area contributed by atoms with Gasteiger partial charge in [-0.15, -0.1) is 0 Å². The van der Waals surface area contributed by atoms with Crippen LogP contribution in [-0.2, 0) is 0 Å². The number of rotatable bonds is 3. The third kappa shape index (κ3) is 4.29. The molecule has 1 saturated carbocycles. The Labute approximate surface area is 121 Å². The van der Waals surface area contributed by atoms with E-state index in [0.717, 1.165) is 18.8 Å². The highest BCUT2D eigenvalue weighted by molar-refractivity contribution is 5.49. The summed E-state index contributed by atoms with van der Waals surface area (Å²) in [5.41, 5.74) is 6.13. The van der Waals surface area contributed by atoms with E-state index in [1.165, 1.54) is 12.8 Å². The van der Waals surface area contributed by atoms with Crippen LogP contribution in [0.15, 0.2) is 12.1 Å². The van der Waals surface area contributed by atoms with E-state index in [4.69, 9.17) is 15.2 Å². The van der Waals surface area contributed by atoms with Crippen LogP contribution in [0.2, 0.25) is 0 Å². The van der Waals surface area contributed by atoms with Gasteiger partial charge in [0.2, 0.25) is 11.8 Å². The van der Waals surface area contributed by atoms with Gasteiger partial charge in [-0.1, -0.05) is 6.92 Å². The van der Waals surface area contributed by atoms with Gasteiger partial charge in [-0.05, 0) is 58.4 Å². The zero-order valence-corrected chi connectivity index (χ0v) is 13.0. The molecular formula is C16H26N2O2. The molecule has 1 aromatic rings. The highest BCUT2D eigenvalue weighted by Crippen LogP contribution is 2.29. The Kier molecular flexibility index (Phi) is 4.41. The minimum Gasteiger partial charge on any atom is -0.474 e. The molecule has 1 heterocycles. The van der Waals surface area contributed by atoms with Crippen LogP contribution in [0, 0.1) is 5.92 Å². The molecule has 1 aliphatic carbocycles. The molecule has 4 nitrogen and oxygen atoms in total. The summed E-state index contributed by atoms with van der Waals surface area (Å²) >= 11 is 0. The summed E-state index contributed by atoms with van der Waals surface area (Å²) in [6.45, 7) is 8.23. The normalized spacial score (nSPS) is 23.4. The molecule has 1 aliphatic rings. The summed E-state index contributed by atoms with van der Waals surface area (Å²) in [5.74, 6) is 1.88. The molecule has 112 valence electrons. The van der Waals surface area contributed by atoms with Gasteiger partial charge in [-0.2, -0.15) is 4.98 Å². The molecule has 0 spiro atoms. The van der Waals surface area contributed by atoms with E-state index in [-0.39, 0.29) is 11.7 Å². The summed E-state index contributed by atoms with van der Waals surface area (Å²) in [6, 6.07) is 3.62. The maximum Gasteiger partial charge on any atom is 0.241 e. The number of hydrogen-bond donors (Lipinski definition) is 1. The average Bonchev–Trinajstić information content (AvgIpc) is 2.34. The fourth-order valence-corrected chi connectivity index (χ4v) is 2.39. The first-order chi connectivity index (χ1) is 9.33. The summed E-state index contributed by atoms with van der Waals surface area (Å²) in [6.07, 6.45) is 4.92. The Morgan fingerprint density at radius 2 is 1.80 bits per heavy atom. The van der Waals surface area contributed by atoms with Crippen molar-refractivity contribution in [2.45, 2.75) is 65.1 Å². The van der Waals surface area contributed by atoms with E-state index in [9.17, 15) is 0 Å². The van der Waals surface area contributed by atoms with Crippen molar-refractivity contribution in [1.82, 2.24) is 4.98 Å². The van der Waals surface area contributed by atoms with Crippen LogP contribution < -0.4 is 15.2 Å². The Morgan fingerprint density at radius 3 is 2.40 bits per heavy atom. The first-order valence-electron chi connectivity index (χ1n) is 7.45. The van der Waals surface area contributed by atoms with Crippen LogP contribution in [0.3, 0.4) is 0 Å². The van der Waals surface area contributed by atoms with Gasteiger partial charge >= 0.3 is 0 Å².